The monoisotopic (exact) mass is 1220 g/mol. The van der Waals surface area contributed by atoms with Crippen LogP contribution in [0.3, 0.4) is 0 Å². The van der Waals surface area contributed by atoms with Gasteiger partial charge in [-0.15, -0.1) is 0 Å². The molecule has 86 heavy (non-hydrogen) atoms. The van der Waals surface area contributed by atoms with Crippen LogP contribution in [0.4, 0.5) is 0 Å². The molecular weight excluding hydrogens is 1160 g/mol. The van der Waals surface area contributed by atoms with Crippen LogP contribution in [0.5, 0.6) is 23.0 Å². The van der Waals surface area contributed by atoms with Gasteiger partial charge in [-0.25, -0.2) is 9.59 Å². The minimum Gasteiger partial charge on any atom is -0.465 e. The van der Waals surface area contributed by atoms with Crippen LogP contribution in [-0.4, -0.2) is 103 Å². The topological polar surface area (TPSA) is 311 Å². The van der Waals surface area contributed by atoms with Gasteiger partial charge in [0.1, 0.15) is 53.5 Å². The maximum atomic E-state index is 13.9. The molecule has 7 rings (SSSR count). The lowest BCUT2D eigenvalue weighted by Crippen LogP contribution is -2.31. The van der Waals surface area contributed by atoms with E-state index in [2.05, 4.69) is 25.3 Å². The summed E-state index contributed by atoms with van der Waals surface area (Å²) in [5, 5.41) is 20.0. The van der Waals surface area contributed by atoms with Gasteiger partial charge in [-0.1, -0.05) is 60.9 Å². The van der Waals surface area contributed by atoms with Gasteiger partial charge in [-0.05, 0) is 105 Å². The van der Waals surface area contributed by atoms with Gasteiger partial charge in [0.15, 0.2) is 0 Å². The van der Waals surface area contributed by atoms with E-state index in [-0.39, 0.29) is 76.8 Å². The van der Waals surface area contributed by atoms with E-state index in [1.54, 1.807) is 61.5 Å². The molecule has 2 atom stereocenters. The lowest BCUT2D eigenvalue weighted by atomic mass is 9.82. The van der Waals surface area contributed by atoms with E-state index >= 15 is 0 Å². The summed E-state index contributed by atoms with van der Waals surface area (Å²) in [6, 6.07) is 19.5. The van der Waals surface area contributed by atoms with Crippen LogP contribution >= 0.6 is 23.5 Å². The van der Waals surface area contributed by atoms with Crippen molar-refractivity contribution in [3.05, 3.63) is 96.6 Å². The lowest BCUT2D eigenvalue weighted by Gasteiger charge is -2.27. The van der Waals surface area contributed by atoms with Crippen LogP contribution in [0.1, 0.15) is 93.7 Å². The van der Waals surface area contributed by atoms with E-state index in [4.69, 9.17) is 47.4 Å². The first-order chi connectivity index (χ1) is 41.4. The normalized spacial score (nSPS) is 20.6. The van der Waals surface area contributed by atoms with Gasteiger partial charge < -0.3 is 47.4 Å². The highest BCUT2D eigenvalue weighted by molar-refractivity contribution is 8.21. The number of nitriles is 2. The summed E-state index contributed by atoms with van der Waals surface area (Å²) in [4.78, 5) is 125. The number of rotatable bonds is 28. The highest BCUT2D eigenvalue weighted by Crippen LogP contribution is 2.77. The number of ether oxygens (including phenoxy) is 10. The fraction of sp³-hybridized carbons (Fsp3) is 0.452. The Bertz CT molecular complexity index is 3110. The number of aryl methyl sites for hydroxylation is 1. The van der Waals surface area contributed by atoms with E-state index in [0.717, 1.165) is 23.3 Å². The van der Waals surface area contributed by atoms with Gasteiger partial charge >= 0.3 is 59.7 Å². The number of benzene rings is 3. The maximum Gasteiger partial charge on any atom is 0.330 e. The Balaban J connectivity index is 0.830. The number of fused-ring (bicyclic) bond motifs is 1. The molecule has 24 heteroatoms. The maximum absolute atomic E-state index is 13.9. The summed E-state index contributed by atoms with van der Waals surface area (Å²) in [5.41, 5.74) is 2.11. The summed E-state index contributed by atoms with van der Waals surface area (Å²) in [6.45, 7) is 7.79. The van der Waals surface area contributed by atoms with E-state index in [0.29, 0.717) is 91.1 Å². The summed E-state index contributed by atoms with van der Waals surface area (Å²) in [7, 11) is 0. The van der Waals surface area contributed by atoms with Crippen molar-refractivity contribution in [2.75, 3.05) is 39.6 Å². The van der Waals surface area contributed by atoms with Crippen molar-refractivity contribution < 1.29 is 95.3 Å². The third-order valence-electron chi connectivity index (χ3n) is 14.6. The second kappa shape index (κ2) is 31.6. The molecule has 3 saturated carbocycles. The number of thioether (sulfide) groups is 2. The molecule has 3 aromatic carbocycles. The Morgan fingerprint density at radius 3 is 1.20 bits per heavy atom. The standard InChI is InChI=1S/C62H64N2O20S2/c1-4-49(65)77-30-32-79-53(69)24-22-51(67)75-28-26-38-6-18-44(19-7-38)81-58(71)40-10-14-42(15-11-40)60(73)83-48-34-37(3)55(57-56(48)85-62(86-57)46(35-63)47(62)36-64)84-61(74)43-16-12-41(13-17-43)59(72)82-45-20-8-39(9-21-45)27-29-76-52(68)23-25-54(70)80-33-31-78-50(66)5-2/h4-9,18-21,34,40-43,46-47H,1-2,10-17,22-33H2,3H3. The third-order valence-corrected chi connectivity index (χ3v) is 18.1. The van der Waals surface area contributed by atoms with Crippen molar-refractivity contribution in [3.63, 3.8) is 0 Å². The van der Waals surface area contributed by atoms with Crippen LogP contribution < -0.4 is 18.9 Å². The first-order valence-electron chi connectivity index (χ1n) is 28.0. The lowest BCUT2D eigenvalue weighted by molar-refractivity contribution is -0.152. The number of carbonyl (C=O) groups excluding carboxylic acids is 10. The molecule has 0 aromatic heterocycles. The van der Waals surface area contributed by atoms with E-state index in [1.165, 1.54) is 23.5 Å². The molecule has 3 aromatic rings. The fourth-order valence-electron chi connectivity index (χ4n) is 9.71. The smallest absolute Gasteiger partial charge is 0.330 e. The predicted octanol–water partition coefficient (Wildman–Crippen LogP) is 8.09. The molecule has 0 saturated heterocycles. The highest BCUT2D eigenvalue weighted by Gasteiger charge is 2.71. The van der Waals surface area contributed by atoms with Gasteiger partial charge in [0, 0.05) is 25.0 Å². The number of nitrogens with zero attached hydrogens (tertiary/aromatic N) is 2. The Labute approximate surface area is 504 Å². The molecule has 0 amide bonds. The summed E-state index contributed by atoms with van der Waals surface area (Å²) in [6.07, 6.45) is 4.82. The van der Waals surface area contributed by atoms with Crippen molar-refractivity contribution >= 4 is 83.2 Å². The van der Waals surface area contributed by atoms with Crippen molar-refractivity contribution in [3.8, 4) is 35.1 Å². The second-order valence-corrected chi connectivity index (χ2v) is 23.3. The largest absolute Gasteiger partial charge is 0.465 e. The van der Waals surface area contributed by atoms with Gasteiger partial charge in [-0.3, -0.25) is 38.4 Å². The number of hydrogen-bond acceptors (Lipinski definition) is 24. The molecular formula is C62H64N2O20S2. The molecule has 0 radical (unpaired) electrons. The van der Waals surface area contributed by atoms with Crippen LogP contribution in [-0.2, 0) is 89.2 Å². The Kier molecular flexibility index (Phi) is 23.9. The van der Waals surface area contributed by atoms with Gasteiger partial charge in [0.25, 0.3) is 0 Å². The first-order valence-corrected chi connectivity index (χ1v) is 29.7. The van der Waals surface area contributed by atoms with E-state index in [9.17, 15) is 58.5 Å². The molecule has 3 aliphatic carbocycles. The summed E-state index contributed by atoms with van der Waals surface area (Å²) >= 11 is 2.51. The van der Waals surface area contributed by atoms with Gasteiger partial charge in [0.2, 0.25) is 0 Å². The Morgan fingerprint density at radius 2 is 0.826 bits per heavy atom. The van der Waals surface area contributed by atoms with Crippen molar-refractivity contribution in [1.82, 2.24) is 0 Å². The van der Waals surface area contributed by atoms with Crippen LogP contribution in [0, 0.1) is 65.1 Å². The quantitative estimate of drug-likeness (QED) is 0.0218. The van der Waals surface area contributed by atoms with E-state index in [1.807, 2.05) is 0 Å². The zero-order chi connectivity index (χ0) is 61.8. The third kappa shape index (κ3) is 18.3. The number of carbonyl (C=O) groups is 10. The summed E-state index contributed by atoms with van der Waals surface area (Å²) in [5.74, 6) is -7.81. The number of esters is 10. The molecule has 2 unspecified atom stereocenters. The molecule has 3 fully saturated rings. The average molecular weight is 1220 g/mol. The molecule has 0 N–H and O–H groups in total. The number of hydrogen-bond donors (Lipinski definition) is 0. The van der Waals surface area contributed by atoms with Gasteiger partial charge in [0.05, 0.1) is 96.3 Å². The molecule has 1 aliphatic heterocycles. The minimum atomic E-state index is -0.896. The zero-order valence-corrected chi connectivity index (χ0v) is 48.9. The molecule has 1 spiro atoms. The van der Waals surface area contributed by atoms with Crippen LogP contribution in [0.25, 0.3) is 0 Å². The molecule has 0 bridgehead atoms. The zero-order valence-electron chi connectivity index (χ0n) is 47.2. The van der Waals surface area contributed by atoms with Crippen LogP contribution in [0.15, 0.2) is 89.7 Å². The molecule has 454 valence electrons. The van der Waals surface area contributed by atoms with Crippen molar-refractivity contribution in [1.29, 1.82) is 10.5 Å². The molecule has 1 heterocycles. The fourth-order valence-corrected chi connectivity index (χ4v) is 13.3. The predicted molar refractivity (Wildman–Crippen MR) is 302 cm³/mol. The second-order valence-electron chi connectivity index (χ2n) is 20.5. The average Bonchev–Trinajstić information content (AvgIpc) is 1.56. The SMILES string of the molecule is C=CC(=O)OCCOC(=O)CCC(=O)OCCc1ccc(OC(=O)C2CCC(C(=O)Oc3cc(C)c(OC(=O)C4CCC(C(=O)Oc5ccc(CCOC(=O)CCC(=O)OCCOC(=O)C=C)cc5)CC4)c4c3SC3(S4)C(C#N)C3C#N)CC2)cc1. The molecule has 22 nitrogen and oxygen atoms in total. The van der Waals surface area contributed by atoms with Crippen molar-refractivity contribution in [2.45, 2.75) is 111 Å². The van der Waals surface area contributed by atoms with Gasteiger partial charge in [-0.2, -0.15) is 10.5 Å². The van der Waals surface area contributed by atoms with E-state index < -0.39 is 99.3 Å². The minimum absolute atomic E-state index is 0.0535. The Hall–Kier alpha value is -8.48. The van der Waals surface area contributed by atoms with Crippen LogP contribution in [0.2, 0.25) is 0 Å². The first kappa shape index (κ1) is 65.1. The van der Waals surface area contributed by atoms with Crippen molar-refractivity contribution in [2.24, 2.45) is 35.5 Å². The molecule has 4 aliphatic rings. The Morgan fingerprint density at radius 1 is 0.488 bits per heavy atom. The summed E-state index contributed by atoms with van der Waals surface area (Å²) < 4.78 is 52.4. The highest BCUT2D eigenvalue weighted by atomic mass is 32.2.